The minimum atomic E-state index is 0.247. The Labute approximate surface area is 68.4 Å². The van der Waals surface area contributed by atoms with Crippen LogP contribution in [-0.4, -0.2) is 49.3 Å². The van der Waals surface area contributed by atoms with Crippen LogP contribution in [0.15, 0.2) is 0 Å². The topological polar surface area (TPSA) is 35.5 Å². The van der Waals surface area contributed by atoms with Gasteiger partial charge in [0.2, 0.25) is 0 Å². The second-order valence-electron chi connectivity index (χ2n) is 3.61. The lowest BCUT2D eigenvalue weighted by atomic mass is 10.2. The van der Waals surface area contributed by atoms with Crippen LogP contribution in [0.5, 0.6) is 0 Å². The third-order valence-electron chi connectivity index (χ3n) is 2.13. The first kappa shape index (κ1) is 8.97. The number of hydrogen-bond donors (Lipinski definition) is 2. The predicted molar refractivity (Wildman–Crippen MR) is 45.5 cm³/mol. The van der Waals surface area contributed by atoms with Gasteiger partial charge >= 0.3 is 0 Å². The van der Waals surface area contributed by atoms with Crippen LogP contribution in [0.4, 0.5) is 0 Å². The Morgan fingerprint density at radius 1 is 1.55 bits per heavy atom. The van der Waals surface area contributed by atoms with Crippen molar-refractivity contribution in [3.63, 3.8) is 0 Å². The quantitative estimate of drug-likeness (QED) is 0.541. The summed E-state index contributed by atoms with van der Waals surface area (Å²) >= 11 is 0. The first-order chi connectivity index (χ1) is 5.22. The van der Waals surface area contributed by atoms with Gasteiger partial charge in [0.1, 0.15) is 0 Å². The lowest BCUT2D eigenvalue weighted by Gasteiger charge is -2.18. The van der Waals surface area contributed by atoms with E-state index in [2.05, 4.69) is 24.2 Å². The van der Waals surface area contributed by atoms with E-state index < -0.39 is 0 Å². The van der Waals surface area contributed by atoms with Crippen LogP contribution in [0.25, 0.3) is 0 Å². The van der Waals surface area contributed by atoms with E-state index in [9.17, 15) is 0 Å². The molecule has 1 heterocycles. The van der Waals surface area contributed by atoms with Crippen molar-refractivity contribution >= 4 is 0 Å². The van der Waals surface area contributed by atoms with E-state index in [0.29, 0.717) is 5.92 Å². The molecule has 0 spiro atoms. The molecule has 3 nitrogen and oxygen atoms in total. The van der Waals surface area contributed by atoms with Gasteiger partial charge in [-0.25, -0.2) is 0 Å². The van der Waals surface area contributed by atoms with Crippen LogP contribution in [0, 0.1) is 5.92 Å². The third-order valence-corrected chi connectivity index (χ3v) is 2.13. The Morgan fingerprint density at radius 2 is 2.27 bits per heavy atom. The molecule has 1 fully saturated rings. The lowest BCUT2D eigenvalue weighted by Crippen LogP contribution is -2.38. The first-order valence-electron chi connectivity index (χ1n) is 4.25. The van der Waals surface area contributed by atoms with Crippen LogP contribution in [0.3, 0.4) is 0 Å². The van der Waals surface area contributed by atoms with Gasteiger partial charge in [-0.2, -0.15) is 0 Å². The van der Waals surface area contributed by atoms with E-state index in [0.717, 1.165) is 19.6 Å². The molecular formula is C8H18N2O. The highest BCUT2D eigenvalue weighted by molar-refractivity contribution is 4.76. The van der Waals surface area contributed by atoms with Crippen molar-refractivity contribution in [1.82, 2.24) is 10.2 Å². The van der Waals surface area contributed by atoms with Gasteiger partial charge in [0.25, 0.3) is 0 Å². The standard InChI is InChI=1S/C8H18N2O/c1-7-3-9-8(6-11)5-10(2)4-7/h7-9,11H,3-6H2,1-2H3. The average molecular weight is 158 g/mol. The molecule has 0 aliphatic carbocycles. The summed E-state index contributed by atoms with van der Waals surface area (Å²) < 4.78 is 0. The lowest BCUT2D eigenvalue weighted by molar-refractivity contribution is 0.215. The Bertz CT molecular complexity index is 119. The molecule has 2 N–H and O–H groups in total. The highest BCUT2D eigenvalue weighted by Gasteiger charge is 2.17. The van der Waals surface area contributed by atoms with Crippen LogP contribution in [0.2, 0.25) is 0 Å². The average Bonchev–Trinajstić information content (AvgIpc) is 2.11. The summed E-state index contributed by atoms with van der Waals surface area (Å²) in [5.41, 5.74) is 0. The molecule has 11 heavy (non-hydrogen) atoms. The number of hydrogen-bond acceptors (Lipinski definition) is 3. The fourth-order valence-electron chi connectivity index (χ4n) is 1.60. The number of nitrogens with one attached hydrogen (secondary N) is 1. The molecule has 2 atom stereocenters. The molecule has 1 aliphatic heterocycles. The van der Waals surface area contributed by atoms with E-state index in [1.807, 2.05) is 0 Å². The van der Waals surface area contributed by atoms with Crippen molar-refractivity contribution in [1.29, 1.82) is 0 Å². The van der Waals surface area contributed by atoms with E-state index >= 15 is 0 Å². The maximum Gasteiger partial charge on any atom is 0.0597 e. The van der Waals surface area contributed by atoms with Crippen molar-refractivity contribution in [3.8, 4) is 0 Å². The maximum atomic E-state index is 8.93. The minimum absolute atomic E-state index is 0.247. The van der Waals surface area contributed by atoms with Crippen LogP contribution in [-0.2, 0) is 0 Å². The summed E-state index contributed by atoms with van der Waals surface area (Å²) in [6.07, 6.45) is 0. The van der Waals surface area contributed by atoms with Crippen LogP contribution < -0.4 is 5.32 Å². The van der Waals surface area contributed by atoms with Crippen molar-refractivity contribution in [2.75, 3.05) is 33.3 Å². The van der Waals surface area contributed by atoms with Gasteiger partial charge in [0.15, 0.2) is 0 Å². The molecule has 0 bridgehead atoms. The minimum Gasteiger partial charge on any atom is -0.395 e. The number of rotatable bonds is 1. The Morgan fingerprint density at radius 3 is 2.91 bits per heavy atom. The predicted octanol–water partition coefficient (Wildman–Crippen LogP) is -0.482. The summed E-state index contributed by atoms with van der Waals surface area (Å²) in [5.74, 6) is 0.691. The molecule has 0 aromatic carbocycles. The number of nitrogens with zero attached hydrogens (tertiary/aromatic N) is 1. The van der Waals surface area contributed by atoms with Gasteiger partial charge in [0, 0.05) is 19.1 Å². The monoisotopic (exact) mass is 158 g/mol. The fraction of sp³-hybridized carbons (Fsp3) is 1.00. The van der Waals surface area contributed by atoms with Crippen LogP contribution >= 0.6 is 0 Å². The van der Waals surface area contributed by atoms with E-state index in [1.165, 1.54) is 0 Å². The number of aliphatic hydroxyl groups excluding tert-OH is 1. The fourth-order valence-corrected chi connectivity index (χ4v) is 1.60. The summed E-state index contributed by atoms with van der Waals surface area (Å²) in [7, 11) is 2.10. The molecule has 66 valence electrons. The molecule has 2 unspecified atom stereocenters. The number of aliphatic hydroxyl groups is 1. The van der Waals surface area contributed by atoms with Gasteiger partial charge in [-0.15, -0.1) is 0 Å². The largest absolute Gasteiger partial charge is 0.395 e. The first-order valence-corrected chi connectivity index (χ1v) is 4.25. The molecule has 1 aliphatic rings. The summed E-state index contributed by atoms with van der Waals surface area (Å²) in [6, 6.07) is 0.268. The van der Waals surface area contributed by atoms with Crippen LogP contribution in [0.1, 0.15) is 6.92 Å². The zero-order valence-corrected chi connectivity index (χ0v) is 7.38. The second kappa shape index (κ2) is 4.04. The smallest absolute Gasteiger partial charge is 0.0597 e. The highest BCUT2D eigenvalue weighted by Crippen LogP contribution is 2.02. The van der Waals surface area contributed by atoms with Crippen molar-refractivity contribution < 1.29 is 5.11 Å². The molecule has 0 aromatic rings. The number of likely N-dealkylation sites (N-methyl/N-ethyl adjacent to an activating group) is 1. The van der Waals surface area contributed by atoms with Gasteiger partial charge < -0.3 is 15.3 Å². The normalized spacial score (nSPS) is 35.2. The zero-order valence-electron chi connectivity index (χ0n) is 7.38. The van der Waals surface area contributed by atoms with Gasteiger partial charge in [-0.05, 0) is 19.5 Å². The Kier molecular flexibility index (Phi) is 3.30. The van der Waals surface area contributed by atoms with Gasteiger partial charge in [-0.1, -0.05) is 6.92 Å². The van der Waals surface area contributed by atoms with Gasteiger partial charge in [-0.3, -0.25) is 0 Å². The third kappa shape index (κ3) is 2.77. The van der Waals surface area contributed by atoms with E-state index in [-0.39, 0.29) is 12.6 Å². The zero-order chi connectivity index (χ0) is 8.27. The molecule has 0 radical (unpaired) electrons. The Balaban J connectivity index is 2.39. The molecule has 1 rings (SSSR count). The van der Waals surface area contributed by atoms with E-state index in [4.69, 9.17) is 5.11 Å². The molecule has 3 heteroatoms. The SMILES string of the molecule is CC1CNC(CO)CN(C)C1. The second-order valence-corrected chi connectivity index (χ2v) is 3.61. The molecule has 1 saturated heterocycles. The molecule has 0 saturated carbocycles. The maximum absolute atomic E-state index is 8.93. The Hall–Kier alpha value is -0.120. The summed E-state index contributed by atoms with van der Waals surface area (Å²) in [6.45, 7) is 5.58. The summed E-state index contributed by atoms with van der Waals surface area (Å²) in [5, 5.41) is 12.3. The van der Waals surface area contributed by atoms with E-state index in [1.54, 1.807) is 0 Å². The van der Waals surface area contributed by atoms with Crippen molar-refractivity contribution in [3.05, 3.63) is 0 Å². The molecule has 0 aromatic heterocycles. The van der Waals surface area contributed by atoms with Crippen molar-refractivity contribution in [2.45, 2.75) is 13.0 Å². The molecule has 0 amide bonds. The van der Waals surface area contributed by atoms with Gasteiger partial charge in [0.05, 0.1) is 6.61 Å². The molecular weight excluding hydrogens is 140 g/mol. The van der Waals surface area contributed by atoms with Crippen molar-refractivity contribution in [2.24, 2.45) is 5.92 Å². The highest BCUT2D eigenvalue weighted by atomic mass is 16.3. The summed E-state index contributed by atoms with van der Waals surface area (Å²) in [4.78, 5) is 2.27.